The van der Waals surface area contributed by atoms with Crippen LogP contribution in [0.5, 0.6) is 0 Å². The van der Waals surface area contributed by atoms with Crippen LogP contribution in [0.1, 0.15) is 19.5 Å². The number of nitriles is 1. The van der Waals surface area contributed by atoms with Gasteiger partial charge in [0.25, 0.3) is 0 Å². The summed E-state index contributed by atoms with van der Waals surface area (Å²) < 4.78 is 0. The highest BCUT2D eigenvalue weighted by molar-refractivity contribution is 5.58. The Kier molecular flexibility index (Phi) is 4.09. The quantitative estimate of drug-likeness (QED) is 0.622. The van der Waals surface area contributed by atoms with E-state index in [1.54, 1.807) is 6.07 Å². The van der Waals surface area contributed by atoms with E-state index >= 15 is 0 Å². The van der Waals surface area contributed by atoms with Crippen LogP contribution in [0.2, 0.25) is 0 Å². The van der Waals surface area contributed by atoms with Crippen molar-refractivity contribution in [3.05, 3.63) is 27.9 Å². The molecular weight excluding hydrogens is 270 g/mol. The molecule has 21 heavy (non-hydrogen) atoms. The van der Waals surface area contributed by atoms with Crippen LogP contribution in [0, 0.1) is 28.4 Å². The largest absolute Gasteiger partial charge is 0.348 e. The summed E-state index contributed by atoms with van der Waals surface area (Å²) in [6, 6.07) is 5.44. The average Bonchev–Trinajstić information content (AvgIpc) is 2.47. The molecule has 0 unspecified atom stereocenters. The molecule has 1 saturated heterocycles. The molecule has 2 rings (SSSR count). The van der Waals surface area contributed by atoms with Gasteiger partial charge in [0.1, 0.15) is 5.54 Å². The predicted octanol–water partition coefficient (Wildman–Crippen LogP) is 1.72. The van der Waals surface area contributed by atoms with Crippen molar-refractivity contribution in [1.29, 1.82) is 5.26 Å². The van der Waals surface area contributed by atoms with Gasteiger partial charge in [-0.3, -0.25) is 15.0 Å². The predicted molar refractivity (Wildman–Crippen MR) is 79.1 cm³/mol. The lowest BCUT2D eigenvalue weighted by molar-refractivity contribution is -0.384. The highest BCUT2D eigenvalue weighted by Crippen LogP contribution is 2.28. The van der Waals surface area contributed by atoms with Crippen LogP contribution in [0.25, 0.3) is 0 Å². The third-order valence-corrected chi connectivity index (χ3v) is 3.83. The second-order valence-corrected chi connectivity index (χ2v) is 5.70. The van der Waals surface area contributed by atoms with Gasteiger partial charge in [-0.25, -0.2) is 4.98 Å². The first-order valence-electron chi connectivity index (χ1n) is 6.88. The second-order valence-electron chi connectivity index (χ2n) is 5.70. The summed E-state index contributed by atoms with van der Waals surface area (Å²) in [5, 5.41) is 20.3. The van der Waals surface area contributed by atoms with Gasteiger partial charge in [-0.1, -0.05) is 0 Å². The van der Waals surface area contributed by atoms with E-state index in [-0.39, 0.29) is 5.69 Å². The van der Waals surface area contributed by atoms with Crippen molar-refractivity contribution in [2.75, 3.05) is 31.1 Å². The van der Waals surface area contributed by atoms with Gasteiger partial charge in [0, 0.05) is 37.9 Å². The Morgan fingerprint density at radius 1 is 1.33 bits per heavy atom. The maximum Gasteiger partial charge on any atom is 0.311 e. The minimum atomic E-state index is -0.516. The number of hydrogen-bond donors (Lipinski definition) is 0. The Morgan fingerprint density at radius 2 is 1.95 bits per heavy atom. The van der Waals surface area contributed by atoms with E-state index in [4.69, 9.17) is 0 Å². The maximum atomic E-state index is 11.1. The molecule has 0 saturated carbocycles. The van der Waals surface area contributed by atoms with Gasteiger partial charge in [0.2, 0.25) is 5.82 Å². The fourth-order valence-corrected chi connectivity index (χ4v) is 2.46. The highest BCUT2D eigenvalue weighted by atomic mass is 16.6. The van der Waals surface area contributed by atoms with E-state index in [2.05, 4.69) is 16.0 Å². The molecule has 0 aromatic carbocycles. The van der Waals surface area contributed by atoms with Crippen LogP contribution in [0.3, 0.4) is 0 Å². The lowest BCUT2D eigenvalue weighted by atomic mass is 10.0. The molecule has 0 aliphatic carbocycles. The zero-order valence-corrected chi connectivity index (χ0v) is 12.5. The zero-order chi connectivity index (χ0) is 15.6. The topological polar surface area (TPSA) is 86.3 Å². The Balaban J connectivity index is 2.18. The van der Waals surface area contributed by atoms with Gasteiger partial charge in [0.05, 0.1) is 11.0 Å². The standard InChI is InChI=1S/C14H19N5O2/c1-11-4-5-12(19(20)21)13(16-11)17-6-8-18(9-7-17)14(2,3)10-15/h4-5H,6-9H2,1-3H3. The van der Waals surface area contributed by atoms with Gasteiger partial charge >= 0.3 is 5.69 Å². The molecule has 0 atom stereocenters. The second kappa shape index (κ2) is 5.66. The minimum Gasteiger partial charge on any atom is -0.348 e. The molecule has 0 bridgehead atoms. The molecule has 1 aliphatic heterocycles. The van der Waals surface area contributed by atoms with Gasteiger partial charge in [-0.05, 0) is 26.8 Å². The number of anilines is 1. The first-order chi connectivity index (χ1) is 9.85. The molecule has 1 fully saturated rings. The molecule has 7 heteroatoms. The summed E-state index contributed by atoms with van der Waals surface area (Å²) in [5.41, 5.74) is 0.280. The lowest BCUT2D eigenvalue weighted by Gasteiger charge is -2.40. The number of nitro groups is 1. The number of aromatic nitrogens is 1. The Labute approximate surface area is 123 Å². The maximum absolute atomic E-state index is 11.1. The third-order valence-electron chi connectivity index (χ3n) is 3.83. The van der Waals surface area contributed by atoms with E-state index < -0.39 is 10.5 Å². The summed E-state index contributed by atoms with van der Waals surface area (Å²) >= 11 is 0. The summed E-state index contributed by atoms with van der Waals surface area (Å²) in [5.74, 6) is 0.425. The van der Waals surface area contributed by atoms with E-state index in [1.807, 2.05) is 25.7 Å². The molecule has 0 amide bonds. The number of aryl methyl sites for hydroxylation is 1. The van der Waals surface area contributed by atoms with Crippen LogP contribution in [-0.4, -0.2) is 46.5 Å². The van der Waals surface area contributed by atoms with Crippen molar-refractivity contribution in [2.24, 2.45) is 0 Å². The molecule has 1 aromatic rings. The number of pyridine rings is 1. The van der Waals surface area contributed by atoms with Crippen LogP contribution >= 0.6 is 0 Å². The number of rotatable bonds is 3. The summed E-state index contributed by atoms with van der Waals surface area (Å²) in [6.07, 6.45) is 0. The summed E-state index contributed by atoms with van der Waals surface area (Å²) in [4.78, 5) is 19.1. The molecule has 112 valence electrons. The molecule has 2 heterocycles. The van der Waals surface area contributed by atoms with E-state index in [0.29, 0.717) is 32.0 Å². The molecule has 1 aliphatic rings. The van der Waals surface area contributed by atoms with Crippen LogP contribution < -0.4 is 4.90 Å². The van der Waals surface area contributed by atoms with E-state index in [9.17, 15) is 15.4 Å². The monoisotopic (exact) mass is 289 g/mol. The number of piperazine rings is 1. The van der Waals surface area contributed by atoms with Crippen molar-refractivity contribution in [2.45, 2.75) is 26.3 Å². The smallest absolute Gasteiger partial charge is 0.311 e. The van der Waals surface area contributed by atoms with Crippen molar-refractivity contribution in [3.8, 4) is 6.07 Å². The molecule has 0 N–H and O–H groups in total. The minimum absolute atomic E-state index is 0.0357. The molecule has 7 nitrogen and oxygen atoms in total. The van der Waals surface area contributed by atoms with Crippen LogP contribution in [0.4, 0.5) is 11.5 Å². The van der Waals surface area contributed by atoms with Crippen molar-refractivity contribution in [1.82, 2.24) is 9.88 Å². The fraction of sp³-hybridized carbons (Fsp3) is 0.571. The molecule has 1 aromatic heterocycles. The first kappa shape index (κ1) is 15.2. The summed E-state index contributed by atoms with van der Waals surface area (Å²) in [7, 11) is 0. The molecule has 0 spiro atoms. The van der Waals surface area contributed by atoms with Gasteiger partial charge < -0.3 is 4.90 Å². The van der Waals surface area contributed by atoms with E-state index in [1.165, 1.54) is 6.07 Å². The van der Waals surface area contributed by atoms with Crippen LogP contribution in [0.15, 0.2) is 12.1 Å². The zero-order valence-electron chi connectivity index (χ0n) is 12.5. The highest BCUT2D eigenvalue weighted by Gasteiger charge is 2.32. The van der Waals surface area contributed by atoms with Gasteiger partial charge in [-0.2, -0.15) is 5.26 Å². The number of nitrogens with zero attached hydrogens (tertiary/aromatic N) is 5. The SMILES string of the molecule is Cc1ccc([N+](=O)[O-])c(N2CCN(C(C)(C)C#N)CC2)n1. The molecular formula is C14H19N5O2. The average molecular weight is 289 g/mol. The van der Waals surface area contributed by atoms with Crippen molar-refractivity contribution < 1.29 is 4.92 Å². The van der Waals surface area contributed by atoms with E-state index in [0.717, 1.165) is 5.69 Å². The van der Waals surface area contributed by atoms with Crippen molar-refractivity contribution in [3.63, 3.8) is 0 Å². The Hall–Kier alpha value is -2.20. The molecule has 0 radical (unpaired) electrons. The van der Waals surface area contributed by atoms with Crippen LogP contribution in [-0.2, 0) is 0 Å². The van der Waals surface area contributed by atoms with Gasteiger partial charge in [-0.15, -0.1) is 0 Å². The third kappa shape index (κ3) is 3.11. The van der Waals surface area contributed by atoms with Crippen molar-refractivity contribution >= 4 is 11.5 Å². The fourth-order valence-electron chi connectivity index (χ4n) is 2.46. The van der Waals surface area contributed by atoms with Gasteiger partial charge in [0.15, 0.2) is 0 Å². The lowest BCUT2D eigenvalue weighted by Crippen LogP contribution is -2.54. The Morgan fingerprint density at radius 3 is 2.48 bits per heavy atom. The normalized spacial score (nSPS) is 16.6. The number of hydrogen-bond acceptors (Lipinski definition) is 6. The first-order valence-corrected chi connectivity index (χ1v) is 6.88. The Bertz CT molecular complexity index is 586. The summed E-state index contributed by atoms with van der Waals surface area (Å²) in [6.45, 7) is 8.22.